The molecule has 8 nitrogen and oxygen atoms in total. The Labute approximate surface area is 212 Å². The van der Waals surface area contributed by atoms with Crippen molar-refractivity contribution < 1.29 is 29.3 Å². The van der Waals surface area contributed by atoms with Crippen LogP contribution in [0.4, 0.5) is 5.69 Å². The van der Waals surface area contributed by atoms with Gasteiger partial charge in [0.1, 0.15) is 17.1 Å². The second-order valence-corrected chi connectivity index (χ2v) is 8.70. The number of aliphatic carboxylic acids is 1. The number of benzene rings is 1. The van der Waals surface area contributed by atoms with Crippen LogP contribution in [0, 0.1) is 0 Å². The van der Waals surface area contributed by atoms with Crippen LogP contribution < -0.4 is 10.1 Å². The Kier molecular flexibility index (Phi) is 12.2. The number of aromatic carboxylic acids is 1. The van der Waals surface area contributed by atoms with E-state index in [1.807, 2.05) is 0 Å². The number of anilines is 1. The summed E-state index contributed by atoms with van der Waals surface area (Å²) >= 11 is 0. The minimum Gasteiger partial charge on any atom is -0.491 e. The molecule has 0 aliphatic carbocycles. The maximum absolute atomic E-state index is 12.7. The molecule has 0 saturated heterocycles. The van der Waals surface area contributed by atoms with Gasteiger partial charge in [-0.15, -0.1) is 0 Å². The van der Waals surface area contributed by atoms with E-state index in [1.165, 1.54) is 75.3 Å². The van der Waals surface area contributed by atoms with Gasteiger partial charge in [0.15, 0.2) is 0 Å². The zero-order valence-electron chi connectivity index (χ0n) is 20.9. The van der Waals surface area contributed by atoms with Crippen LogP contribution in [0.1, 0.15) is 97.7 Å². The summed E-state index contributed by atoms with van der Waals surface area (Å²) in [5.41, 5.74) is -0.0328. The molecule has 2 rings (SSSR count). The number of pyridine rings is 1. The molecule has 0 fully saturated rings. The van der Waals surface area contributed by atoms with Gasteiger partial charge in [-0.05, 0) is 36.8 Å². The summed E-state index contributed by atoms with van der Waals surface area (Å²) in [6, 6.07) is 8.73. The van der Waals surface area contributed by atoms with Gasteiger partial charge in [-0.25, -0.2) is 14.6 Å². The summed E-state index contributed by atoms with van der Waals surface area (Å²) in [6.45, 7) is 6.19. The Morgan fingerprint density at radius 2 is 1.56 bits per heavy atom. The van der Waals surface area contributed by atoms with Crippen molar-refractivity contribution in [2.75, 3.05) is 11.9 Å². The molecule has 36 heavy (non-hydrogen) atoms. The molecule has 0 radical (unpaired) electrons. The first-order chi connectivity index (χ1) is 17.3. The van der Waals surface area contributed by atoms with Crippen LogP contribution in [0.2, 0.25) is 0 Å². The molecule has 0 atom stereocenters. The molecule has 194 valence electrons. The van der Waals surface area contributed by atoms with Crippen molar-refractivity contribution >= 4 is 29.1 Å². The standard InChI is InChI=1S/C28H36N2O6/c1-3-4-5-6-7-8-9-10-11-12-18-36-24-17-16-23(30-25(24)20(2)27(32)33)26(31)29-22-15-13-14-21(19-22)28(34)35/h13-17,19H,2-12,18H2,1H3,(H,29,31)(H,32,33)(H,34,35). The van der Waals surface area contributed by atoms with Gasteiger partial charge in [0.2, 0.25) is 0 Å². The van der Waals surface area contributed by atoms with E-state index in [-0.39, 0.29) is 34.0 Å². The number of carboxylic acid groups (broad SMARTS) is 2. The first-order valence-electron chi connectivity index (χ1n) is 12.5. The lowest BCUT2D eigenvalue weighted by atomic mass is 10.1. The first kappa shape index (κ1) is 28.6. The second-order valence-electron chi connectivity index (χ2n) is 8.70. The van der Waals surface area contributed by atoms with Gasteiger partial charge in [-0.2, -0.15) is 0 Å². The summed E-state index contributed by atoms with van der Waals surface area (Å²) in [7, 11) is 0. The van der Waals surface area contributed by atoms with Gasteiger partial charge in [0.05, 0.1) is 17.7 Å². The molecule has 0 saturated carbocycles. The van der Waals surface area contributed by atoms with Crippen molar-refractivity contribution in [3.05, 3.63) is 59.9 Å². The highest BCUT2D eigenvalue weighted by Gasteiger charge is 2.19. The van der Waals surface area contributed by atoms with Crippen molar-refractivity contribution in [2.24, 2.45) is 0 Å². The van der Waals surface area contributed by atoms with Gasteiger partial charge in [0, 0.05) is 5.69 Å². The minimum absolute atomic E-state index is 0.0125. The lowest BCUT2D eigenvalue weighted by Crippen LogP contribution is -2.16. The van der Waals surface area contributed by atoms with E-state index in [9.17, 15) is 19.5 Å². The lowest BCUT2D eigenvalue weighted by Gasteiger charge is -2.13. The van der Waals surface area contributed by atoms with E-state index in [0.717, 1.165) is 19.3 Å². The largest absolute Gasteiger partial charge is 0.491 e. The maximum Gasteiger partial charge on any atom is 0.337 e. The molecule has 0 spiro atoms. The van der Waals surface area contributed by atoms with Crippen LogP contribution in [0.5, 0.6) is 5.75 Å². The highest BCUT2D eigenvalue weighted by atomic mass is 16.5. The van der Waals surface area contributed by atoms with Gasteiger partial charge in [-0.3, -0.25) is 4.79 Å². The Morgan fingerprint density at radius 3 is 2.17 bits per heavy atom. The third-order valence-electron chi connectivity index (χ3n) is 5.76. The van der Waals surface area contributed by atoms with Crippen molar-refractivity contribution in [3.63, 3.8) is 0 Å². The normalized spacial score (nSPS) is 10.6. The highest BCUT2D eigenvalue weighted by molar-refractivity contribution is 6.15. The lowest BCUT2D eigenvalue weighted by molar-refractivity contribution is -0.130. The zero-order valence-corrected chi connectivity index (χ0v) is 20.9. The van der Waals surface area contributed by atoms with E-state index in [4.69, 9.17) is 9.84 Å². The number of carbonyl (C=O) groups excluding carboxylic acids is 1. The maximum atomic E-state index is 12.7. The fourth-order valence-electron chi connectivity index (χ4n) is 3.70. The smallest absolute Gasteiger partial charge is 0.337 e. The predicted octanol–water partition coefficient (Wildman–Crippen LogP) is 6.43. The monoisotopic (exact) mass is 496 g/mol. The van der Waals surface area contributed by atoms with Crippen LogP contribution in [0.15, 0.2) is 43.0 Å². The Morgan fingerprint density at radius 1 is 0.917 bits per heavy atom. The Hall–Kier alpha value is -3.68. The van der Waals surface area contributed by atoms with E-state index in [2.05, 4.69) is 23.8 Å². The molecular formula is C28H36N2O6. The van der Waals surface area contributed by atoms with Crippen molar-refractivity contribution in [1.29, 1.82) is 0 Å². The summed E-state index contributed by atoms with van der Waals surface area (Å²) in [4.78, 5) is 39.5. The van der Waals surface area contributed by atoms with Crippen LogP contribution in [-0.2, 0) is 4.79 Å². The van der Waals surface area contributed by atoms with E-state index >= 15 is 0 Å². The number of hydrogen-bond donors (Lipinski definition) is 3. The van der Waals surface area contributed by atoms with Crippen molar-refractivity contribution in [2.45, 2.75) is 71.1 Å². The van der Waals surface area contributed by atoms with Crippen LogP contribution >= 0.6 is 0 Å². The molecule has 0 aliphatic heterocycles. The van der Waals surface area contributed by atoms with Gasteiger partial charge in [-0.1, -0.05) is 77.4 Å². The Balaban J connectivity index is 1.92. The number of ether oxygens (including phenoxy) is 1. The molecule has 1 amide bonds. The fraction of sp³-hybridized carbons (Fsp3) is 0.429. The van der Waals surface area contributed by atoms with E-state index in [1.54, 1.807) is 6.07 Å². The van der Waals surface area contributed by atoms with Crippen molar-refractivity contribution in [3.8, 4) is 5.75 Å². The van der Waals surface area contributed by atoms with E-state index < -0.39 is 17.8 Å². The number of unbranched alkanes of at least 4 members (excludes halogenated alkanes) is 9. The molecule has 1 aromatic carbocycles. The zero-order chi connectivity index (χ0) is 26.3. The van der Waals surface area contributed by atoms with Crippen molar-refractivity contribution in [1.82, 2.24) is 4.98 Å². The number of nitrogens with zero attached hydrogens (tertiary/aromatic N) is 1. The van der Waals surface area contributed by atoms with Gasteiger partial charge < -0.3 is 20.3 Å². The number of carbonyl (C=O) groups is 3. The molecule has 0 aliphatic rings. The second kappa shape index (κ2) is 15.3. The quantitative estimate of drug-likeness (QED) is 0.170. The summed E-state index contributed by atoms with van der Waals surface area (Å²) in [5, 5.41) is 21.1. The molecule has 1 heterocycles. The molecule has 0 unspecified atom stereocenters. The third-order valence-corrected chi connectivity index (χ3v) is 5.76. The van der Waals surface area contributed by atoms with E-state index in [0.29, 0.717) is 6.61 Å². The average molecular weight is 497 g/mol. The molecule has 3 N–H and O–H groups in total. The Bertz CT molecular complexity index is 1050. The average Bonchev–Trinajstić information content (AvgIpc) is 2.86. The van der Waals surface area contributed by atoms with Crippen LogP contribution in [-0.4, -0.2) is 39.6 Å². The molecule has 0 bridgehead atoms. The highest BCUT2D eigenvalue weighted by Crippen LogP contribution is 2.25. The van der Waals surface area contributed by atoms with Gasteiger partial charge in [0.25, 0.3) is 5.91 Å². The third kappa shape index (κ3) is 9.52. The number of carboxylic acids is 2. The molecule has 2 aromatic rings. The molecule has 1 aromatic heterocycles. The molecule has 8 heteroatoms. The number of aromatic nitrogens is 1. The topological polar surface area (TPSA) is 126 Å². The number of nitrogens with one attached hydrogen (secondary N) is 1. The molecular weight excluding hydrogens is 460 g/mol. The fourth-order valence-corrected chi connectivity index (χ4v) is 3.70. The predicted molar refractivity (Wildman–Crippen MR) is 140 cm³/mol. The summed E-state index contributed by atoms with van der Waals surface area (Å²) in [6.07, 6.45) is 11.9. The SMILES string of the molecule is C=C(C(=O)O)c1nc(C(=O)Nc2cccc(C(=O)O)c2)ccc1OCCCCCCCCCCCC. The van der Waals surface area contributed by atoms with Gasteiger partial charge >= 0.3 is 11.9 Å². The minimum atomic E-state index is -1.27. The number of rotatable bonds is 17. The summed E-state index contributed by atoms with van der Waals surface area (Å²) in [5.74, 6) is -2.74. The number of amides is 1. The van der Waals surface area contributed by atoms with Crippen LogP contribution in [0.3, 0.4) is 0 Å². The van der Waals surface area contributed by atoms with Crippen LogP contribution in [0.25, 0.3) is 5.57 Å². The summed E-state index contributed by atoms with van der Waals surface area (Å²) < 4.78 is 5.79. The number of hydrogen-bond acceptors (Lipinski definition) is 5. The first-order valence-corrected chi connectivity index (χ1v) is 12.5.